The zero-order valence-electron chi connectivity index (χ0n) is 14.3. The number of amides is 1. The summed E-state index contributed by atoms with van der Waals surface area (Å²) < 4.78 is 11.9. The van der Waals surface area contributed by atoms with Crippen molar-refractivity contribution in [3.05, 3.63) is 17.5 Å². The van der Waals surface area contributed by atoms with Gasteiger partial charge in [-0.05, 0) is 20.8 Å². The van der Waals surface area contributed by atoms with Crippen LogP contribution in [-0.2, 0) is 16.5 Å². The first-order chi connectivity index (χ1) is 10.7. The number of rotatable bonds is 2. The number of ether oxygens (including phenoxy) is 2. The molecule has 1 aromatic heterocycles. The molecule has 1 aromatic rings. The molecule has 1 amide bonds. The second kappa shape index (κ2) is 6.57. The van der Waals surface area contributed by atoms with Crippen LogP contribution in [-0.4, -0.2) is 59.1 Å². The highest BCUT2D eigenvalue weighted by Crippen LogP contribution is 2.27. The topological polar surface area (TPSA) is 85.7 Å². The molecule has 1 N–H and O–H groups in total. The second-order valence-corrected chi connectivity index (χ2v) is 6.45. The smallest absolute Gasteiger partial charge is 0.410 e. The van der Waals surface area contributed by atoms with Crippen molar-refractivity contribution in [3.8, 4) is 0 Å². The Hall–Kier alpha value is -2.09. The predicted octanol–water partition coefficient (Wildman–Crippen LogP) is 1.09. The minimum atomic E-state index is -0.579. The maximum Gasteiger partial charge on any atom is 0.410 e. The molecule has 1 atom stereocenters. The zero-order chi connectivity index (χ0) is 17.2. The van der Waals surface area contributed by atoms with Crippen LogP contribution in [0.3, 0.4) is 0 Å². The molecule has 8 heteroatoms. The molecule has 0 aromatic carbocycles. The lowest BCUT2D eigenvalue weighted by Crippen LogP contribution is -2.50. The number of piperazine rings is 1. The highest BCUT2D eigenvalue weighted by Gasteiger charge is 2.35. The van der Waals surface area contributed by atoms with Gasteiger partial charge in [0.25, 0.3) is 0 Å². The van der Waals surface area contributed by atoms with Gasteiger partial charge in [-0.2, -0.15) is 5.10 Å². The van der Waals surface area contributed by atoms with Gasteiger partial charge >= 0.3 is 12.1 Å². The summed E-state index contributed by atoms with van der Waals surface area (Å²) in [6.45, 7) is 7.15. The average molecular weight is 324 g/mol. The molecule has 0 radical (unpaired) electrons. The van der Waals surface area contributed by atoms with Gasteiger partial charge in [-0.1, -0.05) is 0 Å². The van der Waals surface area contributed by atoms with Crippen molar-refractivity contribution in [2.45, 2.75) is 32.4 Å². The predicted molar refractivity (Wildman–Crippen MR) is 83.1 cm³/mol. The van der Waals surface area contributed by atoms with E-state index in [2.05, 4.69) is 10.4 Å². The summed E-state index contributed by atoms with van der Waals surface area (Å²) in [5.41, 5.74) is 0.414. The van der Waals surface area contributed by atoms with Crippen LogP contribution in [0, 0.1) is 0 Å². The first-order valence-corrected chi connectivity index (χ1v) is 7.55. The molecule has 1 unspecified atom stereocenters. The fourth-order valence-electron chi connectivity index (χ4n) is 2.60. The second-order valence-electron chi connectivity index (χ2n) is 6.45. The minimum absolute atomic E-state index is 0.347. The van der Waals surface area contributed by atoms with E-state index >= 15 is 0 Å². The molecule has 128 valence electrons. The van der Waals surface area contributed by atoms with E-state index < -0.39 is 17.7 Å². The van der Waals surface area contributed by atoms with E-state index in [1.165, 1.54) is 13.3 Å². The highest BCUT2D eigenvalue weighted by atomic mass is 16.6. The third-order valence-corrected chi connectivity index (χ3v) is 3.58. The summed E-state index contributed by atoms with van der Waals surface area (Å²) in [7, 11) is 3.06. The molecular formula is C15H24N4O4. The number of aromatic nitrogens is 2. The van der Waals surface area contributed by atoms with Crippen molar-refractivity contribution in [2.24, 2.45) is 7.05 Å². The standard InChI is InChI=1S/C15H24N4O4/c1-15(2,3)23-14(21)19-7-6-16-9-11(19)12-10(13(20)22-5)8-17-18(12)4/h8,11,16H,6-7,9H2,1-5H3. The molecule has 2 rings (SSSR count). The molecule has 0 bridgehead atoms. The lowest BCUT2D eigenvalue weighted by Gasteiger charge is -2.37. The van der Waals surface area contributed by atoms with E-state index in [9.17, 15) is 9.59 Å². The lowest BCUT2D eigenvalue weighted by atomic mass is 10.1. The van der Waals surface area contributed by atoms with Gasteiger partial charge in [-0.3, -0.25) is 9.58 Å². The van der Waals surface area contributed by atoms with Crippen molar-refractivity contribution in [3.63, 3.8) is 0 Å². The maximum absolute atomic E-state index is 12.5. The van der Waals surface area contributed by atoms with E-state index in [-0.39, 0.29) is 6.04 Å². The lowest BCUT2D eigenvalue weighted by molar-refractivity contribution is 0.0106. The normalized spacial score (nSPS) is 18.7. The minimum Gasteiger partial charge on any atom is -0.465 e. The number of carbonyl (C=O) groups excluding carboxylic acids is 2. The van der Waals surface area contributed by atoms with Gasteiger partial charge in [-0.25, -0.2) is 9.59 Å². The molecule has 1 fully saturated rings. The molecule has 0 saturated carbocycles. The number of methoxy groups -OCH3 is 1. The fourth-order valence-corrected chi connectivity index (χ4v) is 2.60. The Morgan fingerprint density at radius 2 is 2.09 bits per heavy atom. The van der Waals surface area contributed by atoms with Gasteiger partial charge in [0.1, 0.15) is 11.2 Å². The molecule has 2 heterocycles. The largest absolute Gasteiger partial charge is 0.465 e. The van der Waals surface area contributed by atoms with Crippen LogP contribution < -0.4 is 5.32 Å². The number of hydrogen-bond acceptors (Lipinski definition) is 6. The van der Waals surface area contributed by atoms with E-state index in [0.717, 1.165) is 0 Å². The summed E-state index contributed by atoms with van der Waals surface area (Å²) in [4.78, 5) is 26.1. The van der Waals surface area contributed by atoms with E-state index in [1.54, 1.807) is 16.6 Å². The highest BCUT2D eigenvalue weighted by molar-refractivity contribution is 5.90. The van der Waals surface area contributed by atoms with Gasteiger partial charge < -0.3 is 14.8 Å². The summed E-state index contributed by atoms with van der Waals surface area (Å²) in [5, 5.41) is 7.38. The molecule has 1 saturated heterocycles. The molecule has 1 aliphatic heterocycles. The van der Waals surface area contributed by atoms with Crippen molar-refractivity contribution in [2.75, 3.05) is 26.7 Å². The van der Waals surface area contributed by atoms with Crippen LogP contribution >= 0.6 is 0 Å². The van der Waals surface area contributed by atoms with Crippen LogP contribution in [0.2, 0.25) is 0 Å². The van der Waals surface area contributed by atoms with Crippen molar-refractivity contribution >= 4 is 12.1 Å². The Balaban J connectivity index is 2.34. The quantitative estimate of drug-likeness (QED) is 0.820. The Labute approximate surface area is 135 Å². The van der Waals surface area contributed by atoms with Crippen LogP contribution in [0.1, 0.15) is 42.9 Å². The Bertz CT molecular complexity index is 591. The van der Waals surface area contributed by atoms with Crippen LogP contribution in [0.15, 0.2) is 6.20 Å². The number of hydrogen-bond donors (Lipinski definition) is 1. The zero-order valence-corrected chi connectivity index (χ0v) is 14.3. The summed E-state index contributed by atoms with van der Waals surface area (Å²) in [6, 6.07) is -0.347. The SMILES string of the molecule is COC(=O)c1cnn(C)c1C1CNCCN1C(=O)OC(C)(C)C. The molecule has 1 aliphatic rings. The Kier molecular flexibility index (Phi) is 4.93. The number of nitrogens with one attached hydrogen (secondary N) is 1. The third kappa shape index (κ3) is 3.82. The van der Waals surface area contributed by atoms with E-state index in [0.29, 0.717) is 30.9 Å². The van der Waals surface area contributed by atoms with E-state index in [4.69, 9.17) is 9.47 Å². The van der Waals surface area contributed by atoms with Crippen molar-refractivity contribution in [1.82, 2.24) is 20.0 Å². The van der Waals surface area contributed by atoms with Gasteiger partial charge in [0.05, 0.1) is 25.0 Å². The van der Waals surface area contributed by atoms with E-state index in [1.807, 2.05) is 20.8 Å². The van der Waals surface area contributed by atoms with Gasteiger partial charge in [-0.15, -0.1) is 0 Å². The maximum atomic E-state index is 12.5. The number of aryl methyl sites for hydroxylation is 1. The fraction of sp³-hybridized carbons (Fsp3) is 0.667. The molecule has 0 aliphatic carbocycles. The Morgan fingerprint density at radius 1 is 1.39 bits per heavy atom. The van der Waals surface area contributed by atoms with Gasteiger partial charge in [0, 0.05) is 26.7 Å². The molecule has 23 heavy (non-hydrogen) atoms. The molecular weight excluding hydrogens is 300 g/mol. The monoisotopic (exact) mass is 324 g/mol. The van der Waals surface area contributed by atoms with Gasteiger partial charge in [0.2, 0.25) is 0 Å². The third-order valence-electron chi connectivity index (χ3n) is 3.58. The summed E-state index contributed by atoms with van der Waals surface area (Å²) >= 11 is 0. The average Bonchev–Trinajstić information content (AvgIpc) is 2.86. The summed E-state index contributed by atoms with van der Waals surface area (Å²) in [6.07, 6.45) is 1.06. The number of esters is 1. The molecule has 8 nitrogen and oxygen atoms in total. The Morgan fingerprint density at radius 3 is 2.70 bits per heavy atom. The number of nitrogens with zero attached hydrogens (tertiary/aromatic N) is 3. The first kappa shape index (κ1) is 17.3. The van der Waals surface area contributed by atoms with Gasteiger partial charge in [0.15, 0.2) is 0 Å². The van der Waals surface area contributed by atoms with Crippen molar-refractivity contribution < 1.29 is 19.1 Å². The van der Waals surface area contributed by atoms with Crippen molar-refractivity contribution in [1.29, 1.82) is 0 Å². The first-order valence-electron chi connectivity index (χ1n) is 7.55. The van der Waals surface area contributed by atoms with Crippen LogP contribution in [0.4, 0.5) is 4.79 Å². The summed E-state index contributed by atoms with van der Waals surface area (Å²) in [5.74, 6) is -0.470. The van der Waals surface area contributed by atoms with Crippen LogP contribution in [0.25, 0.3) is 0 Å². The van der Waals surface area contributed by atoms with Crippen LogP contribution in [0.5, 0.6) is 0 Å². The molecule has 0 spiro atoms. The number of carbonyl (C=O) groups is 2.